The highest BCUT2D eigenvalue weighted by Crippen LogP contribution is 2.36. The molecule has 0 bridgehead atoms. The Bertz CT molecular complexity index is 1190. The van der Waals surface area contributed by atoms with Crippen molar-refractivity contribution in [3.63, 3.8) is 0 Å². The summed E-state index contributed by atoms with van der Waals surface area (Å²) in [5.41, 5.74) is 2.60. The fraction of sp³-hybridized carbons (Fsp3) is 0.0476. The zero-order valence-electron chi connectivity index (χ0n) is 14.5. The summed E-state index contributed by atoms with van der Waals surface area (Å²) in [4.78, 5) is 12.2. The van der Waals surface area contributed by atoms with Gasteiger partial charge in [0.25, 0.3) is 5.69 Å². The molecule has 0 atom stereocenters. The standard InChI is InChI=1S/C21H14Cl2N2O2S/c22-16-10-9-14(11-17(16)23)13-28-21-12-24(18-6-2-1-5-15(18)21)19-7-3-4-8-20(19)25(26)27/h1-12H,13H2. The summed E-state index contributed by atoms with van der Waals surface area (Å²) in [6.07, 6.45) is 1.95. The number of fused-ring (bicyclic) bond motifs is 1. The van der Waals surface area contributed by atoms with Crippen LogP contribution in [0.4, 0.5) is 5.69 Å². The molecule has 28 heavy (non-hydrogen) atoms. The molecular weight excluding hydrogens is 415 g/mol. The van der Waals surface area contributed by atoms with Gasteiger partial charge >= 0.3 is 0 Å². The van der Waals surface area contributed by atoms with Crippen molar-refractivity contribution >= 4 is 51.6 Å². The van der Waals surface area contributed by atoms with Crippen molar-refractivity contribution in [2.24, 2.45) is 0 Å². The summed E-state index contributed by atoms with van der Waals surface area (Å²) in [5.74, 6) is 0.710. The topological polar surface area (TPSA) is 48.1 Å². The summed E-state index contributed by atoms with van der Waals surface area (Å²) in [6.45, 7) is 0. The number of thioether (sulfide) groups is 1. The maximum atomic E-state index is 11.5. The minimum absolute atomic E-state index is 0.0734. The lowest BCUT2D eigenvalue weighted by Crippen LogP contribution is -1.98. The van der Waals surface area contributed by atoms with Crippen LogP contribution < -0.4 is 0 Å². The quantitative estimate of drug-likeness (QED) is 0.193. The third-order valence-corrected chi connectivity index (χ3v) is 6.24. The average molecular weight is 429 g/mol. The average Bonchev–Trinajstić information content (AvgIpc) is 3.07. The van der Waals surface area contributed by atoms with E-state index in [1.165, 1.54) is 6.07 Å². The van der Waals surface area contributed by atoms with E-state index in [1.807, 2.05) is 47.2 Å². The van der Waals surface area contributed by atoms with Crippen molar-refractivity contribution < 1.29 is 4.92 Å². The summed E-state index contributed by atoms with van der Waals surface area (Å²) >= 11 is 13.8. The molecule has 0 aliphatic carbocycles. The van der Waals surface area contributed by atoms with Gasteiger partial charge in [-0.2, -0.15) is 0 Å². The van der Waals surface area contributed by atoms with E-state index >= 15 is 0 Å². The summed E-state index contributed by atoms with van der Waals surface area (Å²) in [5, 5.41) is 13.6. The Hall–Kier alpha value is -2.47. The van der Waals surface area contributed by atoms with E-state index < -0.39 is 0 Å². The monoisotopic (exact) mass is 428 g/mol. The van der Waals surface area contributed by atoms with Gasteiger partial charge in [-0.3, -0.25) is 10.1 Å². The Balaban J connectivity index is 1.75. The molecule has 0 saturated heterocycles. The fourth-order valence-electron chi connectivity index (χ4n) is 3.08. The third kappa shape index (κ3) is 3.61. The molecule has 7 heteroatoms. The zero-order chi connectivity index (χ0) is 19.7. The number of aromatic nitrogens is 1. The molecule has 4 rings (SSSR count). The van der Waals surface area contributed by atoms with Gasteiger partial charge < -0.3 is 4.57 Å². The molecule has 0 saturated carbocycles. The second-order valence-electron chi connectivity index (χ2n) is 6.16. The number of para-hydroxylation sites is 3. The van der Waals surface area contributed by atoms with Crippen LogP contribution in [0.3, 0.4) is 0 Å². The highest BCUT2D eigenvalue weighted by Gasteiger charge is 2.18. The number of halogens is 2. The molecule has 4 nitrogen and oxygen atoms in total. The third-order valence-electron chi connectivity index (χ3n) is 4.39. The lowest BCUT2D eigenvalue weighted by Gasteiger charge is -2.05. The lowest BCUT2D eigenvalue weighted by molar-refractivity contribution is -0.384. The number of rotatable bonds is 5. The maximum Gasteiger partial charge on any atom is 0.293 e. The Morgan fingerprint density at radius 2 is 1.71 bits per heavy atom. The Morgan fingerprint density at radius 1 is 0.964 bits per heavy atom. The first kappa shape index (κ1) is 18.9. The van der Waals surface area contributed by atoms with Gasteiger partial charge in [0.1, 0.15) is 5.69 Å². The summed E-state index contributed by atoms with van der Waals surface area (Å²) in [6, 6.07) is 20.2. The van der Waals surface area contributed by atoms with Gasteiger partial charge in [-0.1, -0.05) is 59.6 Å². The van der Waals surface area contributed by atoms with E-state index in [-0.39, 0.29) is 10.6 Å². The molecule has 140 valence electrons. The molecule has 1 heterocycles. The van der Waals surface area contributed by atoms with Crippen LogP contribution in [0.15, 0.2) is 77.8 Å². The number of nitrogens with zero attached hydrogens (tertiary/aromatic N) is 2. The van der Waals surface area contributed by atoms with Crippen LogP contribution in [0.2, 0.25) is 10.0 Å². The molecule has 0 fully saturated rings. The normalized spacial score (nSPS) is 11.1. The van der Waals surface area contributed by atoms with Crippen molar-refractivity contribution in [3.05, 3.63) is 98.6 Å². The Morgan fingerprint density at radius 3 is 2.50 bits per heavy atom. The molecule has 1 aromatic heterocycles. The predicted octanol–water partition coefficient (Wildman–Crippen LogP) is 7.14. The van der Waals surface area contributed by atoms with Crippen molar-refractivity contribution in [1.29, 1.82) is 0 Å². The van der Waals surface area contributed by atoms with Crippen LogP contribution in [0.5, 0.6) is 0 Å². The SMILES string of the molecule is O=[N+]([O-])c1ccccc1-n1cc(SCc2ccc(Cl)c(Cl)c2)c2ccccc21. The first-order valence-electron chi connectivity index (χ1n) is 8.45. The molecule has 0 radical (unpaired) electrons. The first-order valence-corrected chi connectivity index (χ1v) is 10.2. The van der Waals surface area contributed by atoms with E-state index in [9.17, 15) is 10.1 Å². The fourth-order valence-corrected chi connectivity index (χ4v) is 4.41. The smallest absolute Gasteiger partial charge is 0.293 e. The highest BCUT2D eigenvalue weighted by molar-refractivity contribution is 7.98. The molecular formula is C21H14Cl2N2O2S. The second kappa shape index (κ2) is 7.87. The van der Waals surface area contributed by atoms with E-state index in [0.29, 0.717) is 21.5 Å². The van der Waals surface area contributed by atoms with Crippen LogP contribution in [0.25, 0.3) is 16.6 Å². The lowest BCUT2D eigenvalue weighted by atomic mass is 10.2. The molecule has 0 aliphatic rings. The molecule has 0 amide bonds. The number of nitro benzene ring substituents is 1. The highest BCUT2D eigenvalue weighted by atomic mass is 35.5. The molecule has 0 spiro atoms. The minimum Gasteiger partial charge on any atom is -0.309 e. The number of hydrogen-bond acceptors (Lipinski definition) is 3. The minimum atomic E-state index is -0.355. The first-order chi connectivity index (χ1) is 13.5. The number of nitro groups is 1. The molecule has 0 aliphatic heterocycles. The van der Waals surface area contributed by atoms with E-state index in [4.69, 9.17) is 23.2 Å². The van der Waals surface area contributed by atoms with Crippen molar-refractivity contribution in [2.45, 2.75) is 10.6 Å². The largest absolute Gasteiger partial charge is 0.309 e. The zero-order valence-corrected chi connectivity index (χ0v) is 16.8. The molecule has 3 aromatic carbocycles. The Kier molecular flexibility index (Phi) is 5.31. The predicted molar refractivity (Wildman–Crippen MR) is 116 cm³/mol. The van der Waals surface area contributed by atoms with Crippen LogP contribution in [-0.4, -0.2) is 9.49 Å². The van der Waals surface area contributed by atoms with Crippen LogP contribution in [0, 0.1) is 10.1 Å². The van der Waals surface area contributed by atoms with Crippen LogP contribution >= 0.6 is 35.0 Å². The van der Waals surface area contributed by atoms with E-state index in [0.717, 1.165) is 21.4 Å². The van der Waals surface area contributed by atoms with Gasteiger partial charge in [-0.05, 0) is 29.8 Å². The van der Waals surface area contributed by atoms with Gasteiger partial charge in [0.15, 0.2) is 0 Å². The molecule has 0 N–H and O–H groups in total. The van der Waals surface area contributed by atoms with Crippen molar-refractivity contribution in [2.75, 3.05) is 0 Å². The van der Waals surface area contributed by atoms with Crippen LogP contribution in [0.1, 0.15) is 5.56 Å². The second-order valence-corrected chi connectivity index (χ2v) is 8.00. The summed E-state index contributed by atoms with van der Waals surface area (Å²) in [7, 11) is 0. The maximum absolute atomic E-state index is 11.5. The van der Waals surface area contributed by atoms with Crippen molar-refractivity contribution in [1.82, 2.24) is 4.57 Å². The molecule has 0 unspecified atom stereocenters. The summed E-state index contributed by atoms with van der Waals surface area (Å²) < 4.78 is 1.88. The van der Waals surface area contributed by atoms with Gasteiger partial charge in [0, 0.05) is 28.3 Å². The Labute approximate surface area is 175 Å². The van der Waals surface area contributed by atoms with Gasteiger partial charge in [0.2, 0.25) is 0 Å². The molecule has 4 aromatic rings. The number of hydrogen-bond donors (Lipinski definition) is 0. The number of benzene rings is 3. The van der Waals surface area contributed by atoms with Gasteiger partial charge in [-0.25, -0.2) is 0 Å². The van der Waals surface area contributed by atoms with Gasteiger partial charge in [0.05, 0.1) is 20.5 Å². The van der Waals surface area contributed by atoms with Gasteiger partial charge in [-0.15, -0.1) is 11.8 Å². The van der Waals surface area contributed by atoms with Crippen molar-refractivity contribution in [3.8, 4) is 5.69 Å². The van der Waals surface area contributed by atoms with E-state index in [1.54, 1.807) is 36.0 Å². The van der Waals surface area contributed by atoms with Crippen LogP contribution in [-0.2, 0) is 5.75 Å². The van der Waals surface area contributed by atoms with E-state index in [2.05, 4.69) is 0 Å².